The Balaban J connectivity index is 1.35. The number of carbonyl (C=O) groups excluding carboxylic acids is 3. The second kappa shape index (κ2) is 7.37. The molecule has 1 atom stereocenters. The number of nitrogens with zero attached hydrogens (tertiary/aromatic N) is 3. The maximum absolute atomic E-state index is 13.2. The van der Waals surface area contributed by atoms with Gasteiger partial charge in [-0.1, -0.05) is 29.1 Å². The lowest BCUT2D eigenvalue weighted by molar-refractivity contribution is -0.145. The molecule has 2 aromatic heterocycles. The van der Waals surface area contributed by atoms with Crippen molar-refractivity contribution in [3.63, 3.8) is 0 Å². The second-order valence-corrected chi connectivity index (χ2v) is 9.32. The smallest absolute Gasteiger partial charge is 0.343 e. The first kappa shape index (κ1) is 20.6. The summed E-state index contributed by atoms with van der Waals surface area (Å²) in [5.74, 6) is 0.258. The van der Waals surface area contributed by atoms with Crippen LogP contribution in [0.1, 0.15) is 40.3 Å². The molecule has 0 aliphatic carbocycles. The molecular formula is C23H21N3O5S. The van der Waals surface area contributed by atoms with Crippen LogP contribution >= 0.6 is 11.8 Å². The Morgan fingerprint density at radius 2 is 2.00 bits per heavy atom. The molecule has 1 saturated heterocycles. The molecule has 8 nitrogen and oxygen atoms in total. The standard InChI is InChI=1S/C23H21N3O5S/c1-13-10-16(15(3)25(13)20-11-14(2)31-24-20)18(27)12-30-22(29)23-9-8-21(28)26(23)17-6-4-5-7-19(17)32-23/h4-7,10-11H,8-9,12H2,1-3H3/t23-/m1/s1. The van der Waals surface area contributed by atoms with E-state index in [0.29, 0.717) is 29.3 Å². The van der Waals surface area contributed by atoms with E-state index >= 15 is 0 Å². The third kappa shape index (κ3) is 2.99. The molecule has 0 unspecified atom stereocenters. The molecule has 9 heteroatoms. The Kier molecular flexibility index (Phi) is 4.74. The number of fused-ring (bicyclic) bond motifs is 3. The molecule has 0 saturated carbocycles. The van der Waals surface area contributed by atoms with Crippen molar-refractivity contribution < 1.29 is 23.6 Å². The van der Waals surface area contributed by atoms with Crippen LogP contribution in [0, 0.1) is 20.8 Å². The zero-order valence-corrected chi connectivity index (χ0v) is 18.7. The van der Waals surface area contributed by atoms with Crippen LogP contribution in [0.4, 0.5) is 5.69 Å². The van der Waals surface area contributed by atoms with E-state index in [4.69, 9.17) is 9.26 Å². The summed E-state index contributed by atoms with van der Waals surface area (Å²) in [7, 11) is 0. The highest BCUT2D eigenvalue weighted by Gasteiger charge is 2.58. The predicted octanol–water partition coefficient (Wildman–Crippen LogP) is 3.75. The van der Waals surface area contributed by atoms with Gasteiger partial charge in [-0.3, -0.25) is 19.1 Å². The number of amides is 1. The average Bonchev–Trinajstić information content (AvgIpc) is 3.49. The maximum atomic E-state index is 13.2. The van der Waals surface area contributed by atoms with E-state index in [-0.39, 0.29) is 18.1 Å². The molecule has 3 aromatic rings. The first-order valence-electron chi connectivity index (χ1n) is 10.3. The van der Waals surface area contributed by atoms with Crippen molar-refractivity contribution >= 4 is 35.1 Å². The summed E-state index contributed by atoms with van der Waals surface area (Å²) in [6.45, 7) is 5.08. The van der Waals surface area contributed by atoms with Gasteiger partial charge in [-0.05, 0) is 39.0 Å². The van der Waals surface area contributed by atoms with Gasteiger partial charge in [0.25, 0.3) is 0 Å². The molecule has 0 N–H and O–H groups in total. The largest absolute Gasteiger partial charge is 0.455 e. The second-order valence-electron chi connectivity index (χ2n) is 8.00. The quantitative estimate of drug-likeness (QED) is 0.431. The van der Waals surface area contributed by atoms with Gasteiger partial charge in [0.15, 0.2) is 17.3 Å². The van der Waals surface area contributed by atoms with E-state index in [1.807, 2.05) is 42.7 Å². The zero-order chi connectivity index (χ0) is 22.6. The van der Waals surface area contributed by atoms with Gasteiger partial charge in [-0.2, -0.15) is 0 Å². The molecule has 2 aliphatic heterocycles. The number of aryl methyl sites for hydroxylation is 2. The van der Waals surface area contributed by atoms with Crippen LogP contribution in [0.3, 0.4) is 0 Å². The summed E-state index contributed by atoms with van der Waals surface area (Å²) in [6.07, 6.45) is 0.612. The number of ketones is 1. The van der Waals surface area contributed by atoms with Crippen molar-refractivity contribution in [3.8, 4) is 5.82 Å². The normalized spacial score (nSPS) is 19.2. The maximum Gasteiger partial charge on any atom is 0.343 e. The number of rotatable bonds is 5. The molecule has 0 radical (unpaired) electrons. The molecule has 5 rings (SSSR count). The van der Waals surface area contributed by atoms with E-state index in [1.165, 1.54) is 16.7 Å². The van der Waals surface area contributed by atoms with Crippen LogP contribution < -0.4 is 4.90 Å². The zero-order valence-electron chi connectivity index (χ0n) is 17.9. The summed E-state index contributed by atoms with van der Waals surface area (Å²) < 4.78 is 12.5. The number of benzene rings is 1. The van der Waals surface area contributed by atoms with Crippen LogP contribution in [0.2, 0.25) is 0 Å². The van der Waals surface area contributed by atoms with Gasteiger partial charge in [-0.25, -0.2) is 4.79 Å². The number of hydrogen-bond donors (Lipinski definition) is 0. The lowest BCUT2D eigenvalue weighted by Gasteiger charge is -2.28. The first-order valence-corrected chi connectivity index (χ1v) is 11.1. The predicted molar refractivity (Wildman–Crippen MR) is 117 cm³/mol. The molecule has 0 bridgehead atoms. The number of ether oxygens (including phenoxy) is 1. The van der Waals surface area contributed by atoms with Gasteiger partial charge in [0.1, 0.15) is 5.76 Å². The molecule has 1 aromatic carbocycles. The summed E-state index contributed by atoms with van der Waals surface area (Å²) in [4.78, 5) is 39.9. The highest BCUT2D eigenvalue weighted by molar-refractivity contribution is 8.02. The van der Waals surface area contributed by atoms with Gasteiger partial charge in [0, 0.05) is 40.8 Å². The summed E-state index contributed by atoms with van der Waals surface area (Å²) in [6, 6.07) is 10.9. The van der Waals surface area contributed by atoms with E-state index in [2.05, 4.69) is 5.16 Å². The molecule has 2 aliphatic rings. The molecule has 164 valence electrons. The van der Waals surface area contributed by atoms with E-state index < -0.39 is 17.4 Å². The number of thioether (sulfide) groups is 1. The third-order valence-electron chi connectivity index (χ3n) is 5.90. The first-order chi connectivity index (χ1) is 15.3. The summed E-state index contributed by atoms with van der Waals surface area (Å²) >= 11 is 1.32. The fourth-order valence-corrected chi connectivity index (χ4v) is 5.86. The molecule has 32 heavy (non-hydrogen) atoms. The number of aromatic nitrogens is 2. The third-order valence-corrected chi connectivity index (χ3v) is 7.36. The molecule has 4 heterocycles. The van der Waals surface area contributed by atoms with Gasteiger partial charge in [-0.15, -0.1) is 0 Å². The number of esters is 1. The average molecular weight is 452 g/mol. The minimum absolute atomic E-state index is 0.114. The highest BCUT2D eigenvalue weighted by Crippen LogP contribution is 2.56. The Morgan fingerprint density at radius 3 is 2.75 bits per heavy atom. The molecule has 1 fully saturated rings. The topological polar surface area (TPSA) is 94.6 Å². The lowest BCUT2D eigenvalue weighted by Crippen LogP contribution is -2.48. The Labute approximate surface area is 188 Å². The van der Waals surface area contributed by atoms with Gasteiger partial charge >= 0.3 is 5.97 Å². The minimum atomic E-state index is -1.14. The monoisotopic (exact) mass is 451 g/mol. The number of hydrogen-bond acceptors (Lipinski definition) is 7. The van der Waals surface area contributed by atoms with Gasteiger partial charge in [0.2, 0.25) is 11.7 Å². The molecule has 1 amide bonds. The van der Waals surface area contributed by atoms with Crippen molar-refractivity contribution in [2.45, 2.75) is 43.4 Å². The van der Waals surface area contributed by atoms with E-state index in [0.717, 1.165) is 16.3 Å². The summed E-state index contributed by atoms with van der Waals surface area (Å²) in [5, 5.41) is 4.02. The van der Waals surface area contributed by atoms with Crippen LogP contribution in [0.5, 0.6) is 0 Å². The fourth-order valence-electron chi connectivity index (χ4n) is 4.45. The molecule has 0 spiro atoms. The van der Waals surface area contributed by atoms with Crippen molar-refractivity contribution in [2.75, 3.05) is 11.5 Å². The number of carbonyl (C=O) groups is 3. The van der Waals surface area contributed by atoms with Crippen LogP contribution in [-0.4, -0.2) is 38.9 Å². The van der Waals surface area contributed by atoms with Crippen LogP contribution in [0.25, 0.3) is 5.82 Å². The number of para-hydroxylation sites is 1. The van der Waals surface area contributed by atoms with E-state index in [9.17, 15) is 14.4 Å². The fraction of sp³-hybridized carbons (Fsp3) is 0.304. The van der Waals surface area contributed by atoms with Crippen molar-refractivity contribution in [3.05, 3.63) is 59.1 Å². The lowest BCUT2D eigenvalue weighted by atomic mass is 10.1. The van der Waals surface area contributed by atoms with Crippen LogP contribution in [-0.2, 0) is 14.3 Å². The number of Topliss-reactive ketones (excluding diaryl/α,β-unsaturated/α-hetero) is 1. The number of anilines is 1. The van der Waals surface area contributed by atoms with Gasteiger partial charge < -0.3 is 9.26 Å². The SMILES string of the molecule is Cc1cc(-n2c(C)cc(C(=O)COC(=O)[C@]34CCC(=O)N3c3ccccc3S4)c2C)no1. The van der Waals surface area contributed by atoms with Gasteiger partial charge in [0.05, 0.1) is 5.69 Å². The minimum Gasteiger partial charge on any atom is -0.455 e. The Hall–Kier alpha value is -3.33. The van der Waals surface area contributed by atoms with Crippen molar-refractivity contribution in [1.82, 2.24) is 9.72 Å². The summed E-state index contributed by atoms with van der Waals surface area (Å²) in [5.41, 5.74) is 2.68. The van der Waals surface area contributed by atoms with Crippen LogP contribution in [0.15, 0.2) is 45.8 Å². The van der Waals surface area contributed by atoms with Crippen molar-refractivity contribution in [2.24, 2.45) is 0 Å². The van der Waals surface area contributed by atoms with Crippen molar-refractivity contribution in [1.29, 1.82) is 0 Å². The Morgan fingerprint density at radius 1 is 1.22 bits per heavy atom. The Bertz CT molecular complexity index is 1280. The highest BCUT2D eigenvalue weighted by atomic mass is 32.2. The molecular weight excluding hydrogens is 430 g/mol. The van der Waals surface area contributed by atoms with E-state index in [1.54, 1.807) is 19.1 Å².